The summed E-state index contributed by atoms with van der Waals surface area (Å²) < 4.78 is 5.99. The van der Waals surface area contributed by atoms with Crippen LogP contribution >= 0.6 is 0 Å². The molecule has 4 aromatic carbocycles. The fourth-order valence-electron chi connectivity index (χ4n) is 3.85. The van der Waals surface area contributed by atoms with E-state index in [1.807, 2.05) is 55.5 Å². The van der Waals surface area contributed by atoms with Crippen LogP contribution in [0.2, 0.25) is 0 Å². The summed E-state index contributed by atoms with van der Waals surface area (Å²) in [5.41, 5.74) is 8.55. The van der Waals surface area contributed by atoms with Gasteiger partial charge in [-0.1, -0.05) is 78.9 Å². The van der Waals surface area contributed by atoms with Crippen molar-refractivity contribution in [2.24, 2.45) is 0 Å². The molecule has 0 saturated carbocycles. The van der Waals surface area contributed by atoms with Crippen molar-refractivity contribution in [2.45, 2.75) is 27.0 Å². The van der Waals surface area contributed by atoms with Crippen molar-refractivity contribution in [3.05, 3.63) is 119 Å². The molecule has 0 bridgehead atoms. The highest BCUT2D eigenvalue weighted by molar-refractivity contribution is 5.82. The number of aryl methyl sites for hydroxylation is 1. The van der Waals surface area contributed by atoms with Gasteiger partial charge in [-0.3, -0.25) is 4.79 Å². The maximum absolute atomic E-state index is 11.6. The van der Waals surface area contributed by atoms with Gasteiger partial charge in [-0.2, -0.15) is 0 Å². The van der Waals surface area contributed by atoms with Crippen LogP contribution in [0, 0.1) is 13.8 Å². The summed E-state index contributed by atoms with van der Waals surface area (Å²) in [6.45, 7) is 5.27. The van der Waals surface area contributed by atoms with Gasteiger partial charge in [0.25, 0.3) is 0 Å². The van der Waals surface area contributed by atoms with E-state index in [4.69, 9.17) is 4.74 Å². The minimum atomic E-state index is 0.419. The third-order valence-corrected chi connectivity index (χ3v) is 5.72. The fourth-order valence-corrected chi connectivity index (χ4v) is 3.85. The van der Waals surface area contributed by atoms with E-state index >= 15 is 0 Å². The summed E-state index contributed by atoms with van der Waals surface area (Å²) in [6.07, 6.45) is 0.852. The maximum atomic E-state index is 11.6. The highest BCUT2D eigenvalue weighted by Crippen LogP contribution is 2.29. The Morgan fingerprint density at radius 2 is 1.56 bits per heavy atom. The van der Waals surface area contributed by atoms with Crippen molar-refractivity contribution in [1.29, 1.82) is 0 Å². The lowest BCUT2D eigenvalue weighted by molar-refractivity contribution is 0.111. The molecule has 3 heteroatoms. The van der Waals surface area contributed by atoms with Crippen LogP contribution in [0.4, 0.5) is 5.69 Å². The average Bonchev–Trinajstić information content (AvgIpc) is 2.84. The molecule has 3 nitrogen and oxygen atoms in total. The van der Waals surface area contributed by atoms with Crippen LogP contribution in [0.15, 0.2) is 91.0 Å². The predicted molar refractivity (Wildman–Crippen MR) is 131 cm³/mol. The minimum Gasteiger partial charge on any atom is -0.488 e. The molecule has 160 valence electrons. The number of rotatable bonds is 8. The minimum absolute atomic E-state index is 0.419. The van der Waals surface area contributed by atoms with E-state index in [0.717, 1.165) is 23.1 Å². The first-order valence-corrected chi connectivity index (χ1v) is 10.8. The molecule has 0 spiro atoms. The van der Waals surface area contributed by atoms with Crippen molar-refractivity contribution in [3.63, 3.8) is 0 Å². The smallest absolute Gasteiger partial charge is 0.153 e. The highest BCUT2D eigenvalue weighted by atomic mass is 16.5. The molecule has 0 aliphatic carbocycles. The van der Waals surface area contributed by atoms with E-state index in [1.165, 1.54) is 22.3 Å². The molecule has 4 aromatic rings. The quantitative estimate of drug-likeness (QED) is 0.312. The number of anilines is 1. The van der Waals surface area contributed by atoms with Gasteiger partial charge in [-0.05, 0) is 53.3 Å². The Labute approximate surface area is 189 Å². The molecular weight excluding hydrogens is 394 g/mol. The van der Waals surface area contributed by atoms with Gasteiger partial charge in [-0.15, -0.1) is 0 Å². The first-order chi connectivity index (χ1) is 15.7. The van der Waals surface area contributed by atoms with Crippen molar-refractivity contribution < 1.29 is 9.53 Å². The third kappa shape index (κ3) is 4.89. The van der Waals surface area contributed by atoms with Gasteiger partial charge in [0.2, 0.25) is 0 Å². The molecule has 0 heterocycles. The monoisotopic (exact) mass is 421 g/mol. The highest BCUT2D eigenvalue weighted by Gasteiger charge is 2.11. The Morgan fingerprint density at radius 3 is 2.28 bits per heavy atom. The van der Waals surface area contributed by atoms with Gasteiger partial charge < -0.3 is 10.1 Å². The summed E-state index contributed by atoms with van der Waals surface area (Å²) in [6, 6.07) is 30.6. The molecule has 0 radical (unpaired) electrons. The number of ether oxygens (including phenoxy) is 1. The second-order valence-electron chi connectivity index (χ2n) is 7.91. The van der Waals surface area contributed by atoms with Gasteiger partial charge in [0.05, 0.1) is 5.56 Å². The van der Waals surface area contributed by atoms with E-state index in [1.54, 1.807) is 0 Å². The lowest BCUT2D eigenvalue weighted by Gasteiger charge is -2.17. The normalized spacial score (nSPS) is 10.6. The molecule has 0 aliphatic rings. The lowest BCUT2D eigenvalue weighted by atomic mass is 9.96. The molecule has 0 aromatic heterocycles. The molecule has 32 heavy (non-hydrogen) atoms. The van der Waals surface area contributed by atoms with Gasteiger partial charge in [-0.25, -0.2) is 0 Å². The van der Waals surface area contributed by atoms with Crippen LogP contribution in [-0.2, 0) is 13.2 Å². The first kappa shape index (κ1) is 21.4. The molecule has 0 aliphatic heterocycles. The van der Waals surface area contributed by atoms with Crippen LogP contribution in [-0.4, -0.2) is 6.29 Å². The van der Waals surface area contributed by atoms with Gasteiger partial charge in [0.1, 0.15) is 12.4 Å². The number of hydrogen-bond acceptors (Lipinski definition) is 3. The van der Waals surface area contributed by atoms with E-state index in [-0.39, 0.29) is 0 Å². The summed E-state index contributed by atoms with van der Waals surface area (Å²) in [4.78, 5) is 11.6. The molecule has 0 fully saturated rings. The van der Waals surface area contributed by atoms with E-state index in [0.29, 0.717) is 24.5 Å². The zero-order chi connectivity index (χ0) is 22.3. The number of benzene rings is 4. The number of nitrogens with one attached hydrogen (secondary N) is 1. The predicted octanol–water partition coefficient (Wildman–Crippen LogP) is 6.97. The molecule has 0 atom stereocenters. The maximum Gasteiger partial charge on any atom is 0.153 e. The van der Waals surface area contributed by atoms with Crippen LogP contribution in [0.5, 0.6) is 5.75 Å². The van der Waals surface area contributed by atoms with Crippen LogP contribution in [0.1, 0.15) is 32.6 Å². The first-order valence-electron chi connectivity index (χ1n) is 10.8. The molecular formula is C29H27NO2. The number of hydrogen-bond donors (Lipinski definition) is 1. The van der Waals surface area contributed by atoms with Crippen LogP contribution in [0.3, 0.4) is 0 Å². The second kappa shape index (κ2) is 9.97. The molecule has 0 amide bonds. The van der Waals surface area contributed by atoms with E-state index < -0.39 is 0 Å². The third-order valence-electron chi connectivity index (χ3n) is 5.72. The van der Waals surface area contributed by atoms with Crippen molar-refractivity contribution in [3.8, 4) is 16.9 Å². The summed E-state index contributed by atoms with van der Waals surface area (Å²) in [7, 11) is 0. The summed E-state index contributed by atoms with van der Waals surface area (Å²) >= 11 is 0. The molecule has 0 unspecified atom stereocenters. The zero-order valence-corrected chi connectivity index (χ0v) is 18.5. The van der Waals surface area contributed by atoms with Gasteiger partial charge in [0.15, 0.2) is 6.29 Å². The Kier molecular flexibility index (Phi) is 6.66. The molecule has 4 rings (SSSR count). The number of carbonyl (C=O) groups excluding carboxylic acids is 1. The summed E-state index contributed by atoms with van der Waals surface area (Å²) in [5, 5.41) is 3.54. The summed E-state index contributed by atoms with van der Waals surface area (Å²) in [5.74, 6) is 0.590. The Hall–Kier alpha value is -3.85. The van der Waals surface area contributed by atoms with Crippen molar-refractivity contribution in [2.75, 3.05) is 5.32 Å². The lowest BCUT2D eigenvalue weighted by Crippen LogP contribution is -2.05. The Balaban J connectivity index is 1.54. The molecule has 0 saturated heterocycles. The second-order valence-corrected chi connectivity index (χ2v) is 7.91. The SMILES string of the molecule is Cc1cc(C=O)c(OCc2ccccc2)cc1NCc1cccc(-c2ccccc2)c1C. The van der Waals surface area contributed by atoms with E-state index in [2.05, 4.69) is 54.7 Å². The number of aldehydes is 1. The van der Waals surface area contributed by atoms with Crippen LogP contribution < -0.4 is 10.1 Å². The van der Waals surface area contributed by atoms with E-state index in [9.17, 15) is 4.79 Å². The Morgan fingerprint density at radius 1 is 0.844 bits per heavy atom. The standard InChI is InChI=1S/C29H27NO2/c1-21-16-26(19-31)29(32-20-23-10-5-3-6-11-23)17-28(21)30-18-25-14-9-15-27(22(25)2)24-12-7-4-8-13-24/h3-17,19,30H,18,20H2,1-2H3. The van der Waals surface area contributed by atoms with Gasteiger partial charge in [0, 0.05) is 18.3 Å². The Bertz CT molecular complexity index is 1200. The fraction of sp³-hybridized carbons (Fsp3) is 0.138. The van der Waals surface area contributed by atoms with Crippen LogP contribution in [0.25, 0.3) is 11.1 Å². The largest absolute Gasteiger partial charge is 0.488 e. The van der Waals surface area contributed by atoms with Gasteiger partial charge >= 0.3 is 0 Å². The zero-order valence-electron chi connectivity index (χ0n) is 18.5. The topological polar surface area (TPSA) is 38.3 Å². The average molecular weight is 422 g/mol. The number of carbonyl (C=O) groups is 1. The van der Waals surface area contributed by atoms with Crippen molar-refractivity contribution in [1.82, 2.24) is 0 Å². The van der Waals surface area contributed by atoms with Crippen molar-refractivity contribution >= 4 is 12.0 Å². The molecule has 1 N–H and O–H groups in total.